The first-order valence-corrected chi connectivity index (χ1v) is 7.73. The van der Waals surface area contributed by atoms with Crippen LogP contribution in [-0.2, 0) is 12.7 Å². The van der Waals surface area contributed by atoms with Crippen LogP contribution in [0.1, 0.15) is 29.7 Å². The van der Waals surface area contributed by atoms with Gasteiger partial charge in [0, 0.05) is 18.2 Å². The third-order valence-corrected chi connectivity index (χ3v) is 4.08. The molecule has 1 aliphatic rings. The second-order valence-electron chi connectivity index (χ2n) is 5.82. The summed E-state index contributed by atoms with van der Waals surface area (Å²) in [7, 11) is 0. The number of nitro benzene ring substituents is 1. The van der Waals surface area contributed by atoms with Crippen LogP contribution in [-0.4, -0.2) is 11.7 Å². The molecule has 0 amide bonds. The largest absolute Gasteiger partial charge is 0.454 e. The van der Waals surface area contributed by atoms with Crippen LogP contribution in [0.2, 0.25) is 0 Å². The van der Waals surface area contributed by atoms with E-state index in [9.17, 15) is 23.3 Å². The number of ether oxygens (including phenoxy) is 2. The summed E-state index contributed by atoms with van der Waals surface area (Å²) in [5, 5.41) is 14.3. The molecule has 3 rings (SSSR count). The van der Waals surface area contributed by atoms with Gasteiger partial charge in [-0.15, -0.1) is 0 Å². The molecule has 0 aliphatic carbocycles. The summed E-state index contributed by atoms with van der Waals surface area (Å²) >= 11 is 0. The number of hydrogen-bond donors (Lipinski definition) is 1. The van der Waals surface area contributed by atoms with E-state index >= 15 is 0 Å². The fourth-order valence-corrected chi connectivity index (χ4v) is 2.65. The molecule has 0 unspecified atom stereocenters. The number of fused-ring (bicyclic) bond motifs is 1. The molecule has 0 aromatic heterocycles. The third kappa shape index (κ3) is 3.72. The Hall–Kier alpha value is -2.81. The van der Waals surface area contributed by atoms with Crippen LogP contribution >= 0.6 is 0 Å². The highest BCUT2D eigenvalue weighted by Gasteiger charge is 2.30. The number of halogens is 3. The SMILES string of the molecule is C[C@@H](NCc1cc2c(cc1[N+](=O)[O-])OCO2)c1cccc(C(F)(F)F)c1. The first-order chi connectivity index (χ1) is 12.3. The number of nitro groups is 1. The van der Waals surface area contributed by atoms with Gasteiger partial charge in [0.05, 0.1) is 16.6 Å². The Morgan fingerprint density at radius 1 is 1.23 bits per heavy atom. The molecule has 2 aromatic rings. The molecule has 1 N–H and O–H groups in total. The van der Waals surface area contributed by atoms with Gasteiger partial charge in [-0.1, -0.05) is 12.1 Å². The molecule has 9 heteroatoms. The van der Waals surface area contributed by atoms with E-state index in [-0.39, 0.29) is 19.0 Å². The molecule has 0 bridgehead atoms. The summed E-state index contributed by atoms with van der Waals surface area (Å²) in [5.74, 6) is 0.700. The molecule has 0 radical (unpaired) electrons. The maximum atomic E-state index is 12.8. The summed E-state index contributed by atoms with van der Waals surface area (Å²) < 4.78 is 48.8. The van der Waals surface area contributed by atoms with Gasteiger partial charge in [0.2, 0.25) is 6.79 Å². The van der Waals surface area contributed by atoms with Crippen LogP contribution in [0.3, 0.4) is 0 Å². The van der Waals surface area contributed by atoms with Gasteiger partial charge in [0.15, 0.2) is 11.5 Å². The smallest absolute Gasteiger partial charge is 0.416 e. The van der Waals surface area contributed by atoms with Gasteiger partial charge in [0.1, 0.15) is 0 Å². The molecule has 1 aliphatic heterocycles. The normalized spacial score (nSPS) is 14.3. The Kier molecular flexibility index (Phi) is 4.73. The molecule has 6 nitrogen and oxygen atoms in total. The fourth-order valence-electron chi connectivity index (χ4n) is 2.65. The number of benzene rings is 2. The molecule has 0 saturated heterocycles. The minimum absolute atomic E-state index is 0.00991. The van der Waals surface area contributed by atoms with Crippen molar-refractivity contribution in [2.75, 3.05) is 6.79 Å². The van der Waals surface area contributed by atoms with Crippen molar-refractivity contribution in [3.05, 3.63) is 63.2 Å². The van der Waals surface area contributed by atoms with E-state index in [0.717, 1.165) is 12.1 Å². The number of rotatable bonds is 5. The fraction of sp³-hybridized carbons (Fsp3) is 0.294. The lowest BCUT2D eigenvalue weighted by Crippen LogP contribution is -2.19. The minimum atomic E-state index is -4.42. The van der Waals surface area contributed by atoms with E-state index in [4.69, 9.17) is 9.47 Å². The van der Waals surface area contributed by atoms with Gasteiger partial charge in [-0.25, -0.2) is 0 Å². The Bertz CT molecular complexity index is 839. The van der Waals surface area contributed by atoms with Gasteiger partial charge < -0.3 is 14.8 Å². The zero-order valence-electron chi connectivity index (χ0n) is 13.7. The van der Waals surface area contributed by atoms with Gasteiger partial charge >= 0.3 is 6.18 Å². The van der Waals surface area contributed by atoms with Crippen molar-refractivity contribution in [2.45, 2.75) is 25.7 Å². The number of hydrogen-bond acceptors (Lipinski definition) is 5. The lowest BCUT2D eigenvalue weighted by Gasteiger charge is -2.16. The van der Waals surface area contributed by atoms with E-state index in [1.54, 1.807) is 13.0 Å². The Labute approximate surface area is 146 Å². The summed E-state index contributed by atoms with van der Waals surface area (Å²) in [4.78, 5) is 10.7. The topological polar surface area (TPSA) is 73.6 Å². The lowest BCUT2D eigenvalue weighted by atomic mass is 10.0. The van der Waals surface area contributed by atoms with E-state index in [1.807, 2.05) is 0 Å². The molecule has 2 aromatic carbocycles. The van der Waals surface area contributed by atoms with Crippen molar-refractivity contribution in [2.24, 2.45) is 0 Å². The molecular weight excluding hydrogens is 353 g/mol. The summed E-state index contributed by atoms with van der Waals surface area (Å²) in [6.45, 7) is 1.77. The summed E-state index contributed by atoms with van der Waals surface area (Å²) in [6.07, 6.45) is -4.42. The molecule has 0 spiro atoms. The van der Waals surface area contributed by atoms with E-state index in [0.29, 0.717) is 22.6 Å². The van der Waals surface area contributed by atoms with Crippen LogP contribution in [0.4, 0.5) is 18.9 Å². The Morgan fingerprint density at radius 2 is 1.92 bits per heavy atom. The molecular formula is C17H15F3N2O4. The van der Waals surface area contributed by atoms with Crippen molar-refractivity contribution in [3.63, 3.8) is 0 Å². The molecule has 26 heavy (non-hydrogen) atoms. The van der Waals surface area contributed by atoms with Crippen molar-refractivity contribution in [1.82, 2.24) is 5.32 Å². The highest BCUT2D eigenvalue weighted by molar-refractivity contribution is 5.55. The Morgan fingerprint density at radius 3 is 2.58 bits per heavy atom. The monoisotopic (exact) mass is 368 g/mol. The summed E-state index contributed by atoms with van der Waals surface area (Å²) in [5.41, 5.74) is -0.0861. The van der Waals surface area contributed by atoms with Crippen molar-refractivity contribution >= 4 is 5.69 Å². The molecule has 138 valence electrons. The molecule has 1 atom stereocenters. The van der Waals surface area contributed by atoms with Crippen LogP contribution in [0.15, 0.2) is 36.4 Å². The van der Waals surface area contributed by atoms with Crippen LogP contribution in [0.5, 0.6) is 11.5 Å². The zero-order valence-corrected chi connectivity index (χ0v) is 13.7. The standard InChI is InChI=1S/C17H15F3N2O4/c1-10(11-3-2-4-13(5-11)17(18,19)20)21-8-12-6-15-16(26-9-25-15)7-14(12)22(23)24/h2-7,10,21H,8-9H2,1H3/t10-/m1/s1. The number of nitrogens with one attached hydrogen (secondary N) is 1. The minimum Gasteiger partial charge on any atom is -0.454 e. The maximum absolute atomic E-state index is 12.8. The van der Waals surface area contributed by atoms with Gasteiger partial charge in [-0.2, -0.15) is 13.2 Å². The quantitative estimate of drug-likeness (QED) is 0.633. The van der Waals surface area contributed by atoms with E-state index < -0.39 is 22.7 Å². The van der Waals surface area contributed by atoms with E-state index in [1.165, 1.54) is 18.2 Å². The first kappa shape index (κ1) is 18.0. The van der Waals surface area contributed by atoms with Gasteiger partial charge in [-0.3, -0.25) is 10.1 Å². The third-order valence-electron chi connectivity index (χ3n) is 4.08. The van der Waals surface area contributed by atoms with Crippen molar-refractivity contribution in [1.29, 1.82) is 0 Å². The van der Waals surface area contributed by atoms with Gasteiger partial charge in [-0.05, 0) is 30.7 Å². The second-order valence-corrected chi connectivity index (χ2v) is 5.82. The molecule has 0 saturated carbocycles. The molecule has 0 fully saturated rings. The van der Waals surface area contributed by atoms with Crippen molar-refractivity contribution in [3.8, 4) is 11.5 Å². The second kappa shape index (κ2) is 6.83. The first-order valence-electron chi connectivity index (χ1n) is 7.73. The summed E-state index contributed by atoms with van der Waals surface area (Å²) in [6, 6.07) is 7.31. The van der Waals surface area contributed by atoms with Crippen LogP contribution in [0.25, 0.3) is 0 Å². The average Bonchev–Trinajstić information content (AvgIpc) is 3.05. The number of alkyl halides is 3. The molecule has 1 heterocycles. The number of nitrogens with zero attached hydrogens (tertiary/aromatic N) is 1. The van der Waals surface area contributed by atoms with Gasteiger partial charge in [0.25, 0.3) is 5.69 Å². The van der Waals surface area contributed by atoms with Crippen molar-refractivity contribution < 1.29 is 27.6 Å². The maximum Gasteiger partial charge on any atom is 0.416 e. The van der Waals surface area contributed by atoms with Crippen LogP contribution in [0, 0.1) is 10.1 Å². The van der Waals surface area contributed by atoms with E-state index in [2.05, 4.69) is 5.32 Å². The predicted molar refractivity (Wildman–Crippen MR) is 85.9 cm³/mol. The van der Waals surface area contributed by atoms with Crippen LogP contribution < -0.4 is 14.8 Å². The predicted octanol–water partition coefficient (Wildman–Crippen LogP) is 4.19. The average molecular weight is 368 g/mol. The zero-order chi connectivity index (χ0) is 18.9. The highest BCUT2D eigenvalue weighted by atomic mass is 19.4. The highest BCUT2D eigenvalue weighted by Crippen LogP contribution is 2.38. The Balaban J connectivity index is 1.78. The lowest BCUT2D eigenvalue weighted by molar-refractivity contribution is -0.385.